The van der Waals surface area contributed by atoms with Gasteiger partial charge in [-0.15, -0.1) is 0 Å². The quantitative estimate of drug-likeness (QED) is 0.312. The zero-order valence-corrected chi connectivity index (χ0v) is 16.6. The van der Waals surface area contributed by atoms with Crippen molar-refractivity contribution in [2.24, 2.45) is 0 Å². The topological polar surface area (TPSA) is 0 Å². The average molecular weight is 365 g/mol. The number of rotatable bonds is 7. The van der Waals surface area contributed by atoms with Crippen molar-refractivity contribution < 1.29 is 0 Å². The van der Waals surface area contributed by atoms with Crippen molar-refractivity contribution in [2.75, 3.05) is 0 Å². The second-order valence-electron chi connectivity index (χ2n) is 7.70. The van der Waals surface area contributed by atoms with Crippen LogP contribution in [0.25, 0.3) is 10.8 Å². The Labute approximate surface area is 168 Å². The van der Waals surface area contributed by atoms with Crippen molar-refractivity contribution in [3.63, 3.8) is 0 Å². The van der Waals surface area contributed by atoms with E-state index in [1.807, 2.05) is 0 Å². The maximum Gasteiger partial charge on any atom is 0.00951 e. The molecule has 0 heteroatoms. The van der Waals surface area contributed by atoms with Gasteiger partial charge in [0.05, 0.1) is 0 Å². The van der Waals surface area contributed by atoms with Crippen molar-refractivity contribution in [3.8, 4) is 0 Å². The van der Waals surface area contributed by atoms with Gasteiger partial charge in [-0.3, -0.25) is 0 Å². The van der Waals surface area contributed by atoms with Crippen LogP contribution in [-0.2, 0) is 0 Å². The van der Waals surface area contributed by atoms with Gasteiger partial charge in [-0.05, 0) is 46.2 Å². The van der Waals surface area contributed by atoms with Crippen LogP contribution in [0.3, 0.4) is 0 Å². The maximum atomic E-state index is 2.41. The summed E-state index contributed by atoms with van der Waals surface area (Å²) in [5.74, 6) is 0.977. The third-order valence-electron chi connectivity index (χ3n) is 5.81. The fourth-order valence-electron chi connectivity index (χ4n) is 4.35. The highest BCUT2D eigenvalue weighted by molar-refractivity contribution is 5.83. The standard InChI is InChI=1S/C28H28/c1-2-11-25(27-19-18-22-12-9-10-17-26(22)20-27)21-28(23-13-5-3-6-14-23)24-15-7-4-8-16-24/h3-10,12-20,25,28H,2,11,21H2,1H3. The highest BCUT2D eigenvalue weighted by atomic mass is 14.2. The molecule has 4 aromatic rings. The Morgan fingerprint density at radius 1 is 0.571 bits per heavy atom. The van der Waals surface area contributed by atoms with Crippen LogP contribution in [0.5, 0.6) is 0 Å². The van der Waals surface area contributed by atoms with Crippen LogP contribution >= 0.6 is 0 Å². The molecule has 0 spiro atoms. The van der Waals surface area contributed by atoms with Gasteiger partial charge in [-0.2, -0.15) is 0 Å². The predicted molar refractivity (Wildman–Crippen MR) is 121 cm³/mol. The molecule has 0 N–H and O–H groups in total. The van der Waals surface area contributed by atoms with Crippen LogP contribution in [0.1, 0.15) is 54.7 Å². The molecule has 4 rings (SSSR count). The van der Waals surface area contributed by atoms with E-state index in [2.05, 4.69) is 110 Å². The minimum absolute atomic E-state index is 0.422. The normalized spacial score (nSPS) is 12.4. The van der Waals surface area contributed by atoms with E-state index < -0.39 is 0 Å². The molecule has 0 aromatic heterocycles. The Bertz CT molecular complexity index is 962. The molecule has 0 radical (unpaired) electrons. The van der Waals surface area contributed by atoms with Gasteiger partial charge in [0.15, 0.2) is 0 Å². The van der Waals surface area contributed by atoms with E-state index in [0.29, 0.717) is 11.8 Å². The third kappa shape index (κ3) is 4.17. The third-order valence-corrected chi connectivity index (χ3v) is 5.81. The van der Waals surface area contributed by atoms with Crippen LogP contribution in [0, 0.1) is 0 Å². The Morgan fingerprint density at radius 2 is 1.14 bits per heavy atom. The van der Waals surface area contributed by atoms with Gasteiger partial charge in [-0.1, -0.05) is 116 Å². The molecule has 0 saturated heterocycles. The fourth-order valence-corrected chi connectivity index (χ4v) is 4.35. The molecule has 0 aliphatic heterocycles. The summed E-state index contributed by atoms with van der Waals surface area (Å²) in [5.41, 5.74) is 4.29. The molecule has 0 fully saturated rings. The largest absolute Gasteiger partial charge is 0.0654 e. The first kappa shape index (κ1) is 18.5. The second-order valence-corrected chi connectivity index (χ2v) is 7.70. The summed E-state index contributed by atoms with van der Waals surface area (Å²) in [6.45, 7) is 2.30. The fraction of sp³-hybridized carbons (Fsp3) is 0.214. The van der Waals surface area contributed by atoms with Gasteiger partial charge in [0.2, 0.25) is 0 Å². The lowest BCUT2D eigenvalue weighted by Crippen LogP contribution is -2.08. The number of hydrogen-bond donors (Lipinski definition) is 0. The minimum atomic E-state index is 0.422. The molecule has 28 heavy (non-hydrogen) atoms. The Kier molecular flexibility index (Phi) is 5.87. The van der Waals surface area contributed by atoms with E-state index in [0.717, 1.165) is 6.42 Å². The smallest absolute Gasteiger partial charge is 0.00951 e. The molecule has 0 aliphatic rings. The summed E-state index contributed by atoms with van der Waals surface area (Å²) in [6.07, 6.45) is 3.56. The van der Waals surface area contributed by atoms with Crippen LogP contribution < -0.4 is 0 Å². The highest BCUT2D eigenvalue weighted by Crippen LogP contribution is 2.38. The molecule has 140 valence electrons. The van der Waals surface area contributed by atoms with E-state index in [1.165, 1.54) is 40.3 Å². The molecule has 1 unspecified atom stereocenters. The van der Waals surface area contributed by atoms with Crippen molar-refractivity contribution >= 4 is 10.8 Å². The van der Waals surface area contributed by atoms with E-state index in [1.54, 1.807) is 0 Å². The monoisotopic (exact) mass is 364 g/mol. The van der Waals surface area contributed by atoms with Gasteiger partial charge in [-0.25, -0.2) is 0 Å². The minimum Gasteiger partial charge on any atom is -0.0654 e. The molecular formula is C28H28. The van der Waals surface area contributed by atoms with Crippen molar-refractivity contribution in [3.05, 3.63) is 120 Å². The summed E-state index contributed by atoms with van der Waals surface area (Å²) in [6, 6.07) is 37.7. The molecular weight excluding hydrogens is 336 g/mol. The van der Waals surface area contributed by atoms with Gasteiger partial charge >= 0.3 is 0 Å². The number of fused-ring (bicyclic) bond motifs is 1. The van der Waals surface area contributed by atoms with Crippen molar-refractivity contribution in [2.45, 2.75) is 38.0 Å². The molecule has 1 atom stereocenters. The molecule has 0 nitrogen and oxygen atoms in total. The first-order valence-electron chi connectivity index (χ1n) is 10.4. The maximum absolute atomic E-state index is 2.41. The Balaban J connectivity index is 1.71. The van der Waals surface area contributed by atoms with Gasteiger partial charge in [0, 0.05) is 5.92 Å². The van der Waals surface area contributed by atoms with Crippen LogP contribution in [0.4, 0.5) is 0 Å². The highest BCUT2D eigenvalue weighted by Gasteiger charge is 2.21. The summed E-state index contributed by atoms with van der Waals surface area (Å²) in [5, 5.41) is 2.67. The predicted octanol–water partition coefficient (Wildman–Crippen LogP) is 7.95. The van der Waals surface area contributed by atoms with Gasteiger partial charge in [0.25, 0.3) is 0 Å². The first-order valence-corrected chi connectivity index (χ1v) is 10.4. The van der Waals surface area contributed by atoms with E-state index >= 15 is 0 Å². The molecule has 0 amide bonds. The summed E-state index contributed by atoms with van der Waals surface area (Å²) in [4.78, 5) is 0. The van der Waals surface area contributed by atoms with Gasteiger partial charge in [0.1, 0.15) is 0 Å². The van der Waals surface area contributed by atoms with Crippen molar-refractivity contribution in [1.29, 1.82) is 0 Å². The van der Waals surface area contributed by atoms with Crippen LogP contribution in [0.15, 0.2) is 103 Å². The molecule has 0 bridgehead atoms. The summed E-state index contributed by atoms with van der Waals surface area (Å²) >= 11 is 0. The van der Waals surface area contributed by atoms with Crippen molar-refractivity contribution in [1.82, 2.24) is 0 Å². The van der Waals surface area contributed by atoms with E-state index in [-0.39, 0.29) is 0 Å². The Hall–Kier alpha value is -2.86. The summed E-state index contributed by atoms with van der Waals surface area (Å²) < 4.78 is 0. The summed E-state index contributed by atoms with van der Waals surface area (Å²) in [7, 11) is 0. The van der Waals surface area contributed by atoms with E-state index in [9.17, 15) is 0 Å². The number of benzene rings is 4. The number of hydrogen-bond acceptors (Lipinski definition) is 0. The molecule has 0 heterocycles. The molecule has 0 aliphatic carbocycles. The lowest BCUT2D eigenvalue weighted by molar-refractivity contribution is 0.535. The lowest BCUT2D eigenvalue weighted by Gasteiger charge is -2.25. The second kappa shape index (κ2) is 8.89. The van der Waals surface area contributed by atoms with Gasteiger partial charge < -0.3 is 0 Å². The molecule has 0 saturated carbocycles. The Morgan fingerprint density at radius 3 is 1.75 bits per heavy atom. The average Bonchev–Trinajstić information content (AvgIpc) is 2.77. The molecule has 4 aromatic carbocycles. The zero-order valence-electron chi connectivity index (χ0n) is 16.6. The zero-order chi connectivity index (χ0) is 19.2. The van der Waals surface area contributed by atoms with Crippen LogP contribution in [-0.4, -0.2) is 0 Å². The van der Waals surface area contributed by atoms with Crippen LogP contribution in [0.2, 0.25) is 0 Å². The van der Waals surface area contributed by atoms with E-state index in [4.69, 9.17) is 0 Å². The lowest BCUT2D eigenvalue weighted by atomic mass is 9.79. The SMILES string of the molecule is CCCC(CC(c1ccccc1)c1ccccc1)c1ccc2ccccc2c1. The first-order chi connectivity index (χ1) is 13.8.